The molecule has 31 heavy (non-hydrogen) atoms. The van der Waals surface area contributed by atoms with Crippen LogP contribution in [0.25, 0.3) is 0 Å². The monoisotopic (exact) mass is 445 g/mol. The number of nitrogens with one attached hydrogen (secondary N) is 1. The second-order valence-electron chi connectivity index (χ2n) is 7.93. The van der Waals surface area contributed by atoms with Gasteiger partial charge < -0.3 is 16.8 Å². The maximum atomic E-state index is 13.6. The summed E-state index contributed by atoms with van der Waals surface area (Å²) in [4.78, 5) is 39.8. The zero-order chi connectivity index (χ0) is 23.3. The fourth-order valence-corrected chi connectivity index (χ4v) is 3.98. The van der Waals surface area contributed by atoms with Crippen molar-refractivity contribution >= 4 is 40.6 Å². The summed E-state index contributed by atoms with van der Waals surface area (Å²) in [5.74, 6) is -1.08. The lowest BCUT2D eigenvalue weighted by Crippen LogP contribution is -2.50. The molecule has 1 unspecified atom stereocenters. The van der Waals surface area contributed by atoms with Gasteiger partial charge in [0.25, 0.3) is 11.8 Å². The van der Waals surface area contributed by atoms with Gasteiger partial charge in [0.15, 0.2) is 5.69 Å². The Labute approximate surface area is 187 Å². The van der Waals surface area contributed by atoms with E-state index >= 15 is 0 Å². The molecule has 8 nitrogen and oxygen atoms in total. The quantitative estimate of drug-likeness (QED) is 0.546. The highest BCUT2D eigenvalue weighted by atomic mass is 32.1. The maximum absolute atomic E-state index is 13.6. The lowest BCUT2D eigenvalue weighted by atomic mass is 10.0. The molecule has 3 amide bonds. The summed E-state index contributed by atoms with van der Waals surface area (Å²) in [7, 11) is 0. The molecule has 0 aliphatic carbocycles. The number of nitrogens with two attached hydrogens (primary N) is 2. The van der Waals surface area contributed by atoms with Crippen LogP contribution < -0.4 is 21.7 Å². The Hall–Kier alpha value is -2.94. The molecule has 1 aromatic heterocycles. The topological polar surface area (TPSA) is 131 Å². The molecule has 0 bridgehead atoms. The number of rotatable bonds is 9. The largest absolute Gasteiger partial charge is 0.395 e. The van der Waals surface area contributed by atoms with E-state index in [1.54, 1.807) is 6.07 Å². The zero-order valence-electron chi connectivity index (χ0n) is 18.7. The van der Waals surface area contributed by atoms with E-state index in [2.05, 4.69) is 23.5 Å². The number of aromatic nitrogens is 1. The molecule has 0 aliphatic rings. The van der Waals surface area contributed by atoms with Gasteiger partial charge in [0.2, 0.25) is 5.91 Å². The summed E-state index contributed by atoms with van der Waals surface area (Å²) in [5, 5.41) is 2.94. The van der Waals surface area contributed by atoms with E-state index in [4.69, 9.17) is 11.5 Å². The molecular weight excluding hydrogens is 414 g/mol. The molecule has 0 aliphatic heterocycles. The molecule has 0 radical (unpaired) electrons. The standard InChI is InChI=1S/C22H31N5O3S/c1-6-15(21(29)25-11-10-12(2)3)27(16-9-7-8-13(4)14(16)5)22(30)19-17(23)18(20(24)28)26-31-19/h7-9,12,15H,6,10-11,23H2,1-5H3,(H2,24,28)(H,25,29). The molecule has 1 heterocycles. The Bertz CT molecular complexity index is 970. The van der Waals surface area contributed by atoms with Gasteiger partial charge in [-0.15, -0.1) is 0 Å². The van der Waals surface area contributed by atoms with Gasteiger partial charge in [-0.3, -0.25) is 19.3 Å². The van der Waals surface area contributed by atoms with Crippen molar-refractivity contribution in [1.29, 1.82) is 0 Å². The second kappa shape index (κ2) is 10.4. The summed E-state index contributed by atoms with van der Waals surface area (Å²) in [5.41, 5.74) is 13.6. The average molecular weight is 446 g/mol. The fraction of sp³-hybridized carbons (Fsp3) is 0.455. The normalized spacial score (nSPS) is 11.9. The van der Waals surface area contributed by atoms with Crippen LogP contribution in [-0.4, -0.2) is 34.7 Å². The number of hydrogen-bond donors (Lipinski definition) is 3. The Morgan fingerprint density at radius 3 is 2.45 bits per heavy atom. The number of benzene rings is 1. The zero-order valence-corrected chi connectivity index (χ0v) is 19.5. The van der Waals surface area contributed by atoms with Crippen LogP contribution in [0.1, 0.15) is 64.9 Å². The van der Waals surface area contributed by atoms with Crippen molar-refractivity contribution in [2.24, 2.45) is 11.7 Å². The summed E-state index contributed by atoms with van der Waals surface area (Å²) >= 11 is 0.808. The molecule has 1 aromatic carbocycles. The van der Waals surface area contributed by atoms with E-state index in [0.29, 0.717) is 24.6 Å². The van der Waals surface area contributed by atoms with Crippen LogP contribution in [0.15, 0.2) is 18.2 Å². The molecule has 9 heteroatoms. The Morgan fingerprint density at radius 1 is 1.23 bits per heavy atom. The van der Waals surface area contributed by atoms with E-state index in [1.165, 1.54) is 4.90 Å². The number of anilines is 2. The predicted molar refractivity (Wildman–Crippen MR) is 124 cm³/mol. The molecule has 1 atom stereocenters. The van der Waals surface area contributed by atoms with E-state index in [-0.39, 0.29) is 22.2 Å². The molecule has 0 saturated carbocycles. The van der Waals surface area contributed by atoms with Crippen molar-refractivity contribution in [2.45, 2.75) is 53.5 Å². The molecular formula is C22H31N5O3S. The SMILES string of the molecule is CCC(C(=O)NCCC(C)C)N(C(=O)c1snc(C(N)=O)c1N)c1cccc(C)c1C. The predicted octanol–water partition coefficient (Wildman–Crippen LogP) is 3.03. The van der Waals surface area contributed by atoms with Crippen molar-refractivity contribution in [2.75, 3.05) is 17.2 Å². The van der Waals surface area contributed by atoms with E-state index in [1.807, 2.05) is 32.9 Å². The lowest BCUT2D eigenvalue weighted by molar-refractivity contribution is -0.122. The third-order valence-corrected chi connectivity index (χ3v) is 6.08. The summed E-state index contributed by atoms with van der Waals surface area (Å²) < 4.78 is 3.95. The van der Waals surface area contributed by atoms with Gasteiger partial charge >= 0.3 is 0 Å². The number of aryl methyl sites for hydroxylation is 1. The fourth-order valence-electron chi connectivity index (χ4n) is 3.24. The van der Waals surface area contributed by atoms with Gasteiger partial charge in [-0.25, -0.2) is 0 Å². The number of nitrogen functional groups attached to an aromatic ring is 1. The number of hydrogen-bond acceptors (Lipinski definition) is 6. The van der Waals surface area contributed by atoms with Crippen LogP contribution in [0.4, 0.5) is 11.4 Å². The summed E-state index contributed by atoms with van der Waals surface area (Å²) in [6.45, 7) is 10.4. The smallest absolute Gasteiger partial charge is 0.272 e. The highest BCUT2D eigenvalue weighted by Crippen LogP contribution is 2.31. The summed E-state index contributed by atoms with van der Waals surface area (Å²) in [6, 6.07) is 4.83. The molecule has 0 saturated heterocycles. The van der Waals surface area contributed by atoms with Crippen molar-refractivity contribution in [3.63, 3.8) is 0 Å². The summed E-state index contributed by atoms with van der Waals surface area (Å²) in [6.07, 6.45) is 1.23. The Morgan fingerprint density at radius 2 is 1.90 bits per heavy atom. The van der Waals surface area contributed by atoms with E-state index < -0.39 is 17.9 Å². The number of carbonyl (C=O) groups excluding carboxylic acids is 3. The molecule has 2 aromatic rings. The maximum Gasteiger partial charge on any atom is 0.272 e. The first kappa shape index (κ1) is 24.3. The lowest BCUT2D eigenvalue weighted by Gasteiger charge is -2.32. The minimum atomic E-state index is -0.801. The second-order valence-corrected chi connectivity index (χ2v) is 8.70. The third kappa shape index (κ3) is 5.41. The van der Waals surface area contributed by atoms with Gasteiger partial charge in [0.1, 0.15) is 10.9 Å². The van der Waals surface area contributed by atoms with Gasteiger partial charge in [0.05, 0.1) is 5.69 Å². The van der Waals surface area contributed by atoms with Crippen LogP contribution in [0, 0.1) is 19.8 Å². The molecule has 2 rings (SSSR count). The van der Waals surface area contributed by atoms with Crippen molar-refractivity contribution in [3.8, 4) is 0 Å². The first-order valence-corrected chi connectivity index (χ1v) is 11.1. The van der Waals surface area contributed by atoms with Crippen LogP contribution in [-0.2, 0) is 4.79 Å². The minimum absolute atomic E-state index is 0.0622. The Kier molecular flexibility index (Phi) is 8.15. The van der Waals surface area contributed by atoms with Crippen LogP contribution in [0.2, 0.25) is 0 Å². The van der Waals surface area contributed by atoms with Crippen molar-refractivity contribution in [3.05, 3.63) is 39.9 Å². The van der Waals surface area contributed by atoms with Crippen molar-refractivity contribution in [1.82, 2.24) is 9.69 Å². The molecule has 0 fully saturated rings. The van der Waals surface area contributed by atoms with Crippen LogP contribution in [0.5, 0.6) is 0 Å². The van der Waals surface area contributed by atoms with Crippen LogP contribution >= 0.6 is 11.5 Å². The minimum Gasteiger partial charge on any atom is -0.395 e. The third-order valence-electron chi connectivity index (χ3n) is 5.23. The van der Waals surface area contributed by atoms with E-state index in [9.17, 15) is 14.4 Å². The molecule has 0 spiro atoms. The number of primary amides is 1. The number of nitrogens with zero attached hydrogens (tertiary/aromatic N) is 2. The average Bonchev–Trinajstić information content (AvgIpc) is 3.09. The van der Waals surface area contributed by atoms with E-state index in [0.717, 1.165) is 29.1 Å². The van der Waals surface area contributed by atoms with Gasteiger partial charge in [-0.1, -0.05) is 32.9 Å². The Balaban J connectivity index is 2.52. The van der Waals surface area contributed by atoms with Gasteiger partial charge in [-0.2, -0.15) is 4.37 Å². The van der Waals surface area contributed by atoms with Crippen LogP contribution in [0.3, 0.4) is 0 Å². The van der Waals surface area contributed by atoms with Gasteiger partial charge in [-0.05, 0) is 61.3 Å². The first-order valence-electron chi connectivity index (χ1n) is 10.3. The van der Waals surface area contributed by atoms with Crippen molar-refractivity contribution < 1.29 is 14.4 Å². The molecule has 5 N–H and O–H groups in total. The molecule has 168 valence electrons. The number of carbonyl (C=O) groups is 3. The van der Waals surface area contributed by atoms with Gasteiger partial charge in [0, 0.05) is 12.2 Å². The number of amides is 3. The highest BCUT2D eigenvalue weighted by molar-refractivity contribution is 7.09. The highest BCUT2D eigenvalue weighted by Gasteiger charge is 2.34. The first-order chi connectivity index (χ1) is 14.6.